The van der Waals surface area contributed by atoms with E-state index in [1.165, 1.54) is 148 Å². The Bertz CT molecular complexity index is 280. The van der Waals surface area contributed by atoms with Gasteiger partial charge in [-0.15, -0.1) is 0 Å². The summed E-state index contributed by atoms with van der Waals surface area (Å²) < 4.78 is 0. The molecule has 0 spiro atoms. The van der Waals surface area contributed by atoms with Gasteiger partial charge >= 0.3 is 0 Å². The number of unbranched alkanes of at least 4 members (excludes halogenated alkanes) is 22. The molecule has 0 aromatic heterocycles. The van der Waals surface area contributed by atoms with Crippen molar-refractivity contribution in [3.63, 3.8) is 0 Å². The van der Waals surface area contributed by atoms with E-state index in [9.17, 15) is 0 Å². The van der Waals surface area contributed by atoms with Crippen LogP contribution in [0.15, 0.2) is 0 Å². The van der Waals surface area contributed by atoms with E-state index < -0.39 is 0 Å². The summed E-state index contributed by atoms with van der Waals surface area (Å²) >= 11 is 4.75. The normalized spacial score (nSPS) is 11.0. The van der Waals surface area contributed by atoms with Gasteiger partial charge in [-0.05, 0) is 6.42 Å². The van der Waals surface area contributed by atoms with Crippen LogP contribution in [-0.4, -0.2) is 12.0 Å². The molecule has 1 N–H and O–H groups in total. The second kappa shape index (κ2) is 26.9. The standard InChI is InChI=1S/C26H53NS/c1-2-3-4-5-6-7-8-9-10-11-12-13-14-15-16-17-18-19-20-21-22-23-24-25-27-26-28/h26H,2-25H2,1H3,(H,27,28). The Morgan fingerprint density at radius 3 is 0.929 bits per heavy atom. The molecule has 0 aliphatic rings. The van der Waals surface area contributed by atoms with Gasteiger partial charge in [0.25, 0.3) is 0 Å². The molecule has 0 amide bonds. The molecule has 28 heavy (non-hydrogen) atoms. The molecular weight excluding hydrogens is 358 g/mol. The van der Waals surface area contributed by atoms with Crippen LogP contribution < -0.4 is 5.32 Å². The smallest absolute Gasteiger partial charge is 0.0614 e. The molecule has 0 aliphatic carbocycles. The van der Waals surface area contributed by atoms with Crippen molar-refractivity contribution in [2.24, 2.45) is 0 Å². The van der Waals surface area contributed by atoms with Gasteiger partial charge in [0.2, 0.25) is 0 Å². The maximum Gasteiger partial charge on any atom is 0.0614 e. The molecule has 2 heteroatoms. The highest BCUT2D eigenvalue weighted by molar-refractivity contribution is 7.78. The van der Waals surface area contributed by atoms with Crippen LogP contribution in [0.4, 0.5) is 0 Å². The van der Waals surface area contributed by atoms with Crippen LogP contribution in [0.3, 0.4) is 0 Å². The highest BCUT2D eigenvalue weighted by Gasteiger charge is 1.95. The van der Waals surface area contributed by atoms with Gasteiger partial charge in [0.1, 0.15) is 0 Å². The monoisotopic (exact) mass is 411 g/mol. The van der Waals surface area contributed by atoms with Gasteiger partial charge < -0.3 is 5.32 Å². The van der Waals surface area contributed by atoms with Crippen molar-refractivity contribution in [2.45, 2.75) is 155 Å². The summed E-state index contributed by atoms with van der Waals surface area (Å²) in [7, 11) is 0. The Morgan fingerprint density at radius 2 is 0.679 bits per heavy atom. The summed E-state index contributed by atoms with van der Waals surface area (Å²) in [5, 5.41) is 3.10. The van der Waals surface area contributed by atoms with E-state index in [1.807, 2.05) is 0 Å². The molecule has 0 aromatic rings. The Hall–Kier alpha value is -0.110. The third-order valence-corrected chi connectivity index (χ3v) is 6.17. The van der Waals surface area contributed by atoms with Gasteiger partial charge in [-0.3, -0.25) is 0 Å². The van der Waals surface area contributed by atoms with Crippen LogP contribution in [0.25, 0.3) is 0 Å². The van der Waals surface area contributed by atoms with E-state index in [2.05, 4.69) is 12.2 Å². The van der Waals surface area contributed by atoms with Crippen molar-refractivity contribution in [3.05, 3.63) is 0 Å². The zero-order chi connectivity index (χ0) is 20.4. The Morgan fingerprint density at radius 1 is 0.429 bits per heavy atom. The minimum absolute atomic E-state index is 1.06. The first-order valence-electron chi connectivity index (χ1n) is 13.1. The Kier molecular flexibility index (Phi) is 26.8. The van der Waals surface area contributed by atoms with Gasteiger partial charge in [0.05, 0.1) is 5.49 Å². The summed E-state index contributed by atoms with van der Waals surface area (Å²) in [5.41, 5.74) is 1.64. The zero-order valence-electron chi connectivity index (χ0n) is 19.5. The fraction of sp³-hybridized carbons (Fsp3) is 0.962. The molecule has 0 fully saturated rings. The van der Waals surface area contributed by atoms with Gasteiger partial charge in [0, 0.05) is 6.54 Å². The molecule has 0 radical (unpaired) electrons. The van der Waals surface area contributed by atoms with Crippen molar-refractivity contribution < 1.29 is 0 Å². The maximum atomic E-state index is 4.75. The van der Waals surface area contributed by atoms with E-state index in [0.29, 0.717) is 0 Å². The summed E-state index contributed by atoms with van der Waals surface area (Å²) in [6.07, 6.45) is 33.3. The molecule has 1 nitrogen and oxygen atoms in total. The molecule has 0 unspecified atom stereocenters. The van der Waals surface area contributed by atoms with Gasteiger partial charge in [-0.1, -0.05) is 160 Å². The lowest BCUT2D eigenvalue weighted by atomic mass is 10.0. The molecule has 0 aromatic carbocycles. The predicted octanol–water partition coefficient (Wildman–Crippen LogP) is 9.53. The average Bonchev–Trinajstić information content (AvgIpc) is 2.71. The second-order valence-electron chi connectivity index (χ2n) is 8.85. The van der Waals surface area contributed by atoms with E-state index in [4.69, 9.17) is 12.2 Å². The predicted molar refractivity (Wildman–Crippen MR) is 134 cm³/mol. The molecule has 0 heterocycles. The van der Waals surface area contributed by atoms with Crippen LogP contribution in [0, 0.1) is 0 Å². The molecule has 0 atom stereocenters. The van der Waals surface area contributed by atoms with Crippen LogP contribution in [0.2, 0.25) is 0 Å². The minimum Gasteiger partial charge on any atom is -0.382 e. The maximum absolute atomic E-state index is 4.75. The van der Waals surface area contributed by atoms with E-state index in [-0.39, 0.29) is 0 Å². The topological polar surface area (TPSA) is 12.0 Å². The van der Waals surface area contributed by atoms with E-state index in [1.54, 1.807) is 5.49 Å². The SMILES string of the molecule is CCCCCCCCCCCCCCCCCCCCCCCCCNC=S. The molecule has 0 saturated carbocycles. The molecule has 0 bridgehead atoms. The number of hydrogen-bond acceptors (Lipinski definition) is 1. The first-order valence-corrected chi connectivity index (χ1v) is 13.6. The lowest BCUT2D eigenvalue weighted by Gasteiger charge is -2.04. The Labute approximate surface area is 184 Å². The highest BCUT2D eigenvalue weighted by atomic mass is 32.1. The first-order chi connectivity index (χ1) is 13.9. The van der Waals surface area contributed by atoms with Crippen LogP contribution in [-0.2, 0) is 0 Å². The van der Waals surface area contributed by atoms with Crippen molar-refractivity contribution in [1.29, 1.82) is 0 Å². The minimum atomic E-state index is 1.06. The number of nitrogens with one attached hydrogen (secondary N) is 1. The van der Waals surface area contributed by atoms with E-state index >= 15 is 0 Å². The highest BCUT2D eigenvalue weighted by Crippen LogP contribution is 2.15. The lowest BCUT2D eigenvalue weighted by Crippen LogP contribution is -2.10. The molecule has 0 aliphatic heterocycles. The quantitative estimate of drug-likeness (QED) is 0.118. The fourth-order valence-electron chi connectivity index (χ4n) is 4.07. The van der Waals surface area contributed by atoms with E-state index in [0.717, 1.165) is 6.54 Å². The summed E-state index contributed by atoms with van der Waals surface area (Å²) in [5.74, 6) is 0. The average molecular weight is 412 g/mol. The molecule has 0 saturated heterocycles. The van der Waals surface area contributed by atoms with Crippen molar-refractivity contribution >= 4 is 17.7 Å². The molecule has 168 valence electrons. The number of rotatable bonds is 25. The van der Waals surface area contributed by atoms with Crippen molar-refractivity contribution in [2.75, 3.05) is 6.54 Å². The van der Waals surface area contributed by atoms with Crippen LogP contribution >= 0.6 is 12.2 Å². The summed E-state index contributed by atoms with van der Waals surface area (Å²) in [4.78, 5) is 0. The van der Waals surface area contributed by atoms with Crippen LogP contribution in [0.5, 0.6) is 0 Å². The van der Waals surface area contributed by atoms with Gasteiger partial charge in [-0.2, -0.15) is 0 Å². The summed E-state index contributed by atoms with van der Waals surface area (Å²) in [6, 6.07) is 0. The fourth-order valence-corrected chi connectivity index (χ4v) is 4.19. The lowest BCUT2D eigenvalue weighted by molar-refractivity contribution is 0.518. The van der Waals surface area contributed by atoms with Crippen molar-refractivity contribution in [3.8, 4) is 0 Å². The Balaban J connectivity index is 2.97. The van der Waals surface area contributed by atoms with Gasteiger partial charge in [-0.25, -0.2) is 0 Å². The first kappa shape index (κ1) is 27.9. The molecule has 0 rings (SSSR count). The third-order valence-electron chi connectivity index (χ3n) is 6.01. The molecular formula is C26H53NS. The zero-order valence-corrected chi connectivity index (χ0v) is 20.3. The summed E-state index contributed by atoms with van der Waals surface area (Å²) in [6.45, 7) is 3.36. The van der Waals surface area contributed by atoms with Crippen molar-refractivity contribution in [1.82, 2.24) is 5.32 Å². The largest absolute Gasteiger partial charge is 0.382 e. The number of hydrogen-bond donors (Lipinski definition) is 1. The van der Waals surface area contributed by atoms with Crippen LogP contribution in [0.1, 0.15) is 155 Å². The van der Waals surface area contributed by atoms with Gasteiger partial charge in [0.15, 0.2) is 0 Å². The second-order valence-corrected chi connectivity index (χ2v) is 9.09. The number of thiocarbonyl (C=S) groups is 1. The third kappa shape index (κ3) is 25.9.